The molecule has 1 atom stereocenters. The van der Waals surface area contributed by atoms with E-state index in [0.29, 0.717) is 15.8 Å². The highest BCUT2D eigenvalue weighted by atomic mass is 32.1. The third-order valence-corrected chi connectivity index (χ3v) is 5.21. The van der Waals surface area contributed by atoms with Crippen molar-refractivity contribution in [1.82, 2.24) is 15.2 Å². The number of ether oxygens (including phenoxy) is 1. The Morgan fingerprint density at radius 1 is 1.42 bits per heavy atom. The molecule has 4 heterocycles. The van der Waals surface area contributed by atoms with Gasteiger partial charge in [0.05, 0.1) is 25.1 Å². The first-order valence-electron chi connectivity index (χ1n) is 6.86. The molecule has 0 saturated heterocycles. The van der Waals surface area contributed by atoms with Crippen molar-refractivity contribution in [2.24, 2.45) is 0 Å². The Balaban J connectivity index is 2.01. The highest BCUT2D eigenvalue weighted by Gasteiger charge is 2.58. The zero-order chi connectivity index (χ0) is 17.1. The number of rotatable bonds is 1. The first kappa shape index (κ1) is 15.4. The molecule has 1 aliphatic rings. The summed E-state index contributed by atoms with van der Waals surface area (Å²) in [7, 11) is 0. The predicted octanol–water partition coefficient (Wildman–Crippen LogP) is 2.26. The molecule has 3 aromatic rings. The van der Waals surface area contributed by atoms with Crippen LogP contribution in [0.15, 0.2) is 23.3 Å². The minimum Gasteiger partial charge on any atom is -0.373 e. The lowest BCUT2D eigenvalue weighted by molar-refractivity contribution is -0.289. The van der Waals surface area contributed by atoms with Gasteiger partial charge in [0.15, 0.2) is 0 Å². The molecule has 126 valence electrons. The van der Waals surface area contributed by atoms with Crippen LogP contribution in [0.4, 0.5) is 13.2 Å². The smallest absolute Gasteiger partial charge is 0.373 e. The fraction of sp³-hybridized carbons (Fsp3) is 0.286. The van der Waals surface area contributed by atoms with Crippen LogP contribution >= 0.6 is 11.3 Å². The standard InChI is InChI=1S/C14H10F3N3O3S/c15-14(16,17)13(22)5-23-4-8-7-1-9(6-2-18-19-3-6)24-10(7)12(21)20-11(8)13/h1-3,22H,4-5H2,(H,18,19)(H,20,21). The van der Waals surface area contributed by atoms with Crippen molar-refractivity contribution in [3.63, 3.8) is 0 Å². The van der Waals surface area contributed by atoms with Crippen molar-refractivity contribution < 1.29 is 23.0 Å². The second-order valence-corrected chi connectivity index (χ2v) is 6.55. The first-order chi connectivity index (χ1) is 11.3. The molecule has 3 N–H and O–H groups in total. The number of nitrogens with one attached hydrogen (secondary N) is 2. The lowest BCUT2D eigenvalue weighted by Crippen LogP contribution is -2.50. The van der Waals surface area contributed by atoms with Crippen molar-refractivity contribution in [2.45, 2.75) is 18.4 Å². The number of nitrogens with zero attached hydrogens (tertiary/aromatic N) is 1. The third-order valence-electron chi connectivity index (χ3n) is 4.03. The van der Waals surface area contributed by atoms with Gasteiger partial charge in [-0.1, -0.05) is 0 Å². The van der Waals surface area contributed by atoms with E-state index in [2.05, 4.69) is 15.2 Å². The molecule has 0 aromatic carbocycles. The molecule has 6 nitrogen and oxygen atoms in total. The summed E-state index contributed by atoms with van der Waals surface area (Å²) >= 11 is 1.14. The number of alkyl halides is 3. The van der Waals surface area contributed by atoms with Crippen LogP contribution in [0, 0.1) is 0 Å². The van der Waals surface area contributed by atoms with Crippen LogP contribution in [-0.2, 0) is 16.9 Å². The van der Waals surface area contributed by atoms with Gasteiger partial charge in [0.25, 0.3) is 5.56 Å². The van der Waals surface area contributed by atoms with E-state index in [-0.39, 0.29) is 16.9 Å². The number of pyridine rings is 1. The summed E-state index contributed by atoms with van der Waals surface area (Å²) in [4.78, 5) is 15.1. The largest absolute Gasteiger partial charge is 0.425 e. The lowest BCUT2D eigenvalue weighted by Gasteiger charge is -2.35. The SMILES string of the molecule is O=c1[nH]c2c(c3cc(-c4cn[nH]c4)sc13)COCC2(O)C(F)(F)F. The molecular formula is C14H10F3N3O3S. The normalized spacial score (nSPS) is 21.2. The number of aromatic nitrogens is 3. The van der Waals surface area contributed by atoms with Gasteiger partial charge in [0.1, 0.15) is 4.70 Å². The molecule has 0 fully saturated rings. The Morgan fingerprint density at radius 2 is 2.21 bits per heavy atom. The number of hydrogen-bond donors (Lipinski definition) is 3. The first-order valence-corrected chi connectivity index (χ1v) is 7.68. The fourth-order valence-electron chi connectivity index (χ4n) is 2.79. The number of thiophene rings is 1. The Morgan fingerprint density at radius 3 is 2.88 bits per heavy atom. The van der Waals surface area contributed by atoms with Gasteiger partial charge in [-0.05, 0) is 6.07 Å². The molecule has 0 aliphatic carbocycles. The molecule has 0 saturated carbocycles. The maximum atomic E-state index is 13.3. The minimum atomic E-state index is -4.97. The van der Waals surface area contributed by atoms with Crippen molar-refractivity contribution in [3.05, 3.63) is 40.1 Å². The number of H-pyrrole nitrogens is 2. The second kappa shape index (κ2) is 4.91. The summed E-state index contributed by atoms with van der Waals surface area (Å²) in [6.45, 7) is -1.08. The van der Waals surface area contributed by atoms with Gasteiger partial charge < -0.3 is 14.8 Å². The van der Waals surface area contributed by atoms with Gasteiger partial charge in [-0.15, -0.1) is 11.3 Å². The maximum Gasteiger partial charge on any atom is 0.425 e. The third kappa shape index (κ3) is 2.03. The number of halogens is 3. The van der Waals surface area contributed by atoms with Crippen LogP contribution in [0.5, 0.6) is 0 Å². The van der Waals surface area contributed by atoms with E-state index in [1.54, 1.807) is 18.5 Å². The molecule has 4 rings (SSSR count). The summed E-state index contributed by atoms with van der Waals surface area (Å²) in [6.07, 6.45) is -1.80. The Bertz CT molecular complexity index is 977. The van der Waals surface area contributed by atoms with Crippen LogP contribution in [0.3, 0.4) is 0 Å². The van der Waals surface area contributed by atoms with Crippen LogP contribution in [-0.4, -0.2) is 33.1 Å². The zero-order valence-corrected chi connectivity index (χ0v) is 12.7. The monoisotopic (exact) mass is 357 g/mol. The van der Waals surface area contributed by atoms with Crippen LogP contribution < -0.4 is 5.56 Å². The summed E-state index contributed by atoms with van der Waals surface area (Å²) < 4.78 is 45.2. The summed E-state index contributed by atoms with van der Waals surface area (Å²) in [5, 5.41) is 16.9. The molecule has 0 spiro atoms. The van der Waals surface area contributed by atoms with Gasteiger partial charge in [-0.3, -0.25) is 9.89 Å². The van der Waals surface area contributed by atoms with E-state index in [1.807, 2.05) is 0 Å². The molecule has 0 amide bonds. The zero-order valence-electron chi connectivity index (χ0n) is 11.9. The lowest BCUT2D eigenvalue weighted by atomic mass is 9.91. The van der Waals surface area contributed by atoms with E-state index < -0.39 is 29.6 Å². The van der Waals surface area contributed by atoms with Gasteiger partial charge in [0, 0.05) is 27.6 Å². The summed E-state index contributed by atoms with van der Waals surface area (Å²) in [5.41, 5.74) is -3.59. The number of fused-ring (bicyclic) bond motifs is 3. The highest BCUT2D eigenvalue weighted by Crippen LogP contribution is 2.44. The summed E-state index contributed by atoms with van der Waals surface area (Å²) in [5.74, 6) is 0. The van der Waals surface area contributed by atoms with Crippen molar-refractivity contribution in [1.29, 1.82) is 0 Å². The van der Waals surface area contributed by atoms with Gasteiger partial charge >= 0.3 is 6.18 Å². The van der Waals surface area contributed by atoms with Crippen LogP contribution in [0.1, 0.15) is 11.3 Å². The van der Waals surface area contributed by atoms with E-state index in [1.165, 1.54) is 0 Å². The Labute approximate surface area is 135 Å². The quantitative estimate of drug-likeness (QED) is 0.623. The summed E-state index contributed by atoms with van der Waals surface area (Å²) in [6, 6.07) is 1.62. The number of hydrogen-bond acceptors (Lipinski definition) is 5. The highest BCUT2D eigenvalue weighted by molar-refractivity contribution is 7.22. The molecule has 24 heavy (non-hydrogen) atoms. The molecule has 0 radical (unpaired) electrons. The number of aromatic amines is 2. The van der Waals surface area contributed by atoms with Crippen LogP contribution in [0.2, 0.25) is 0 Å². The van der Waals surface area contributed by atoms with E-state index in [4.69, 9.17) is 4.74 Å². The van der Waals surface area contributed by atoms with Crippen molar-refractivity contribution in [2.75, 3.05) is 6.61 Å². The molecule has 1 unspecified atom stereocenters. The van der Waals surface area contributed by atoms with Crippen LogP contribution in [0.25, 0.3) is 20.5 Å². The van der Waals surface area contributed by atoms with Gasteiger partial charge in [-0.2, -0.15) is 18.3 Å². The molecular weight excluding hydrogens is 347 g/mol. The van der Waals surface area contributed by atoms with Gasteiger partial charge in [0.2, 0.25) is 5.60 Å². The predicted molar refractivity (Wildman–Crippen MR) is 79.6 cm³/mol. The average molecular weight is 357 g/mol. The molecule has 3 aromatic heterocycles. The molecule has 0 bridgehead atoms. The van der Waals surface area contributed by atoms with E-state index >= 15 is 0 Å². The van der Waals surface area contributed by atoms with Gasteiger partial charge in [-0.25, -0.2) is 0 Å². The average Bonchev–Trinajstić information content (AvgIpc) is 3.16. The van der Waals surface area contributed by atoms with Crippen molar-refractivity contribution in [3.8, 4) is 10.4 Å². The van der Waals surface area contributed by atoms with E-state index in [9.17, 15) is 23.1 Å². The topological polar surface area (TPSA) is 91.0 Å². The van der Waals surface area contributed by atoms with Crippen molar-refractivity contribution >= 4 is 21.4 Å². The maximum absolute atomic E-state index is 13.3. The Kier molecular flexibility index (Phi) is 3.15. The molecule has 10 heteroatoms. The second-order valence-electron chi connectivity index (χ2n) is 5.50. The molecule has 1 aliphatic heterocycles. The van der Waals surface area contributed by atoms with E-state index in [0.717, 1.165) is 11.3 Å². The Hall–Kier alpha value is -2.17. The number of aliphatic hydroxyl groups is 1. The fourth-order valence-corrected chi connectivity index (χ4v) is 3.85. The minimum absolute atomic E-state index is 0.122.